The maximum absolute atomic E-state index is 12.9. The number of methoxy groups -OCH3 is 1. The minimum absolute atomic E-state index is 0.0854. The Morgan fingerprint density at radius 2 is 1.62 bits per heavy atom. The number of benzene rings is 2. The lowest BCUT2D eigenvalue weighted by atomic mass is 10.1. The van der Waals surface area contributed by atoms with Crippen molar-refractivity contribution in [1.82, 2.24) is 20.1 Å². The van der Waals surface area contributed by atoms with Crippen molar-refractivity contribution < 1.29 is 19.1 Å². The number of nitrogens with zero attached hydrogens (tertiary/aromatic N) is 2. The molecule has 3 aromatic rings. The molecule has 1 fully saturated rings. The van der Waals surface area contributed by atoms with E-state index in [2.05, 4.69) is 10.3 Å². The van der Waals surface area contributed by atoms with Crippen molar-refractivity contribution in [3.8, 4) is 0 Å². The summed E-state index contributed by atoms with van der Waals surface area (Å²) in [5, 5.41) is 3.77. The Balaban J connectivity index is 1.34. The quantitative estimate of drug-likeness (QED) is 0.603. The molecule has 3 amide bonds. The van der Waals surface area contributed by atoms with E-state index in [1.54, 1.807) is 9.80 Å². The maximum Gasteiger partial charge on any atom is 0.328 e. The Morgan fingerprint density at radius 1 is 0.969 bits per heavy atom. The van der Waals surface area contributed by atoms with Crippen LogP contribution in [0.25, 0.3) is 10.9 Å². The Morgan fingerprint density at radius 3 is 2.31 bits per heavy atom. The molecule has 8 nitrogen and oxygen atoms in total. The van der Waals surface area contributed by atoms with Crippen molar-refractivity contribution in [3.05, 3.63) is 71.9 Å². The Kier molecular flexibility index (Phi) is 6.39. The van der Waals surface area contributed by atoms with Gasteiger partial charge in [-0.2, -0.15) is 0 Å². The summed E-state index contributed by atoms with van der Waals surface area (Å²) in [6.45, 7) is 1.61. The lowest BCUT2D eigenvalue weighted by molar-refractivity contribution is -0.142. The van der Waals surface area contributed by atoms with Gasteiger partial charge in [-0.15, -0.1) is 0 Å². The number of fused-ring (bicyclic) bond motifs is 1. The number of nitrogens with one attached hydrogen (secondary N) is 2. The maximum atomic E-state index is 12.9. The number of hydrogen-bond acceptors (Lipinski definition) is 4. The fraction of sp³-hybridized carbons (Fsp3) is 0.292. The molecule has 0 bridgehead atoms. The number of urea groups is 1. The summed E-state index contributed by atoms with van der Waals surface area (Å²) >= 11 is 0. The molecule has 0 unspecified atom stereocenters. The smallest absolute Gasteiger partial charge is 0.328 e. The van der Waals surface area contributed by atoms with Gasteiger partial charge in [0.25, 0.3) is 5.91 Å². The van der Waals surface area contributed by atoms with E-state index < -0.39 is 12.0 Å². The molecular formula is C24H26N4O4. The van der Waals surface area contributed by atoms with E-state index in [9.17, 15) is 14.4 Å². The fourth-order valence-corrected chi connectivity index (χ4v) is 3.90. The second kappa shape index (κ2) is 9.55. The zero-order valence-corrected chi connectivity index (χ0v) is 17.9. The third kappa shape index (κ3) is 4.74. The molecule has 32 heavy (non-hydrogen) atoms. The van der Waals surface area contributed by atoms with Crippen LogP contribution in [-0.2, 0) is 16.0 Å². The highest BCUT2D eigenvalue weighted by molar-refractivity contribution is 5.98. The molecule has 166 valence electrons. The number of ether oxygens (including phenoxy) is 1. The number of rotatable bonds is 5. The van der Waals surface area contributed by atoms with E-state index in [0.717, 1.165) is 16.5 Å². The fourth-order valence-electron chi connectivity index (χ4n) is 3.90. The summed E-state index contributed by atoms with van der Waals surface area (Å²) in [5.74, 6) is -0.576. The third-order valence-electron chi connectivity index (χ3n) is 5.68. The second-order valence-corrected chi connectivity index (χ2v) is 7.76. The van der Waals surface area contributed by atoms with Crippen LogP contribution in [0.4, 0.5) is 4.79 Å². The zero-order chi connectivity index (χ0) is 22.5. The molecule has 1 saturated heterocycles. The minimum atomic E-state index is -0.777. The predicted molar refractivity (Wildman–Crippen MR) is 120 cm³/mol. The highest BCUT2D eigenvalue weighted by Crippen LogP contribution is 2.17. The van der Waals surface area contributed by atoms with Gasteiger partial charge in [0, 0.05) is 43.5 Å². The first-order chi connectivity index (χ1) is 15.5. The number of carbonyl (C=O) groups excluding carboxylic acids is 3. The van der Waals surface area contributed by atoms with Gasteiger partial charge in [-0.05, 0) is 17.7 Å². The second-order valence-electron chi connectivity index (χ2n) is 7.76. The van der Waals surface area contributed by atoms with E-state index >= 15 is 0 Å². The molecule has 2 aromatic carbocycles. The van der Waals surface area contributed by atoms with E-state index in [-0.39, 0.29) is 11.9 Å². The van der Waals surface area contributed by atoms with Crippen molar-refractivity contribution in [1.29, 1.82) is 0 Å². The number of aromatic nitrogens is 1. The van der Waals surface area contributed by atoms with Crippen LogP contribution in [0.2, 0.25) is 0 Å². The van der Waals surface area contributed by atoms with Crippen LogP contribution in [-0.4, -0.2) is 72.0 Å². The molecule has 0 saturated carbocycles. The van der Waals surface area contributed by atoms with Gasteiger partial charge in [0.1, 0.15) is 11.7 Å². The molecule has 0 radical (unpaired) electrons. The van der Waals surface area contributed by atoms with Gasteiger partial charge in [-0.3, -0.25) is 4.79 Å². The van der Waals surface area contributed by atoms with Crippen LogP contribution in [0, 0.1) is 0 Å². The molecule has 2 N–H and O–H groups in total. The van der Waals surface area contributed by atoms with Gasteiger partial charge in [-0.25, -0.2) is 9.59 Å². The number of esters is 1. The van der Waals surface area contributed by atoms with Crippen LogP contribution >= 0.6 is 0 Å². The number of hydrogen-bond donors (Lipinski definition) is 2. The van der Waals surface area contributed by atoms with Crippen LogP contribution in [0.15, 0.2) is 60.7 Å². The van der Waals surface area contributed by atoms with E-state index in [1.807, 2.05) is 60.7 Å². The molecule has 4 rings (SSSR count). The summed E-state index contributed by atoms with van der Waals surface area (Å²) in [6.07, 6.45) is 0.345. The Hall–Kier alpha value is -3.81. The average molecular weight is 434 g/mol. The van der Waals surface area contributed by atoms with Crippen molar-refractivity contribution in [2.24, 2.45) is 0 Å². The number of H-pyrrole nitrogens is 1. The number of piperazine rings is 1. The summed E-state index contributed by atoms with van der Waals surface area (Å²) < 4.78 is 4.87. The number of aromatic amines is 1. The van der Waals surface area contributed by atoms with Crippen LogP contribution in [0.3, 0.4) is 0 Å². The van der Waals surface area contributed by atoms with Gasteiger partial charge in [0.2, 0.25) is 0 Å². The van der Waals surface area contributed by atoms with Gasteiger partial charge >= 0.3 is 12.0 Å². The van der Waals surface area contributed by atoms with Gasteiger partial charge < -0.3 is 24.8 Å². The van der Waals surface area contributed by atoms with Gasteiger partial charge in [0.15, 0.2) is 0 Å². The SMILES string of the molecule is COC(=O)[C@@H](Cc1ccccc1)NC(=O)N1CCN(C(=O)c2cc3ccccc3[nH]2)CC1. The predicted octanol–water partition coefficient (Wildman–Crippen LogP) is 2.42. The summed E-state index contributed by atoms with van der Waals surface area (Å²) in [4.78, 5) is 44.4. The molecule has 1 aromatic heterocycles. The monoisotopic (exact) mass is 434 g/mol. The average Bonchev–Trinajstić information content (AvgIpc) is 3.27. The Bertz CT molecular complexity index is 1070. The third-order valence-corrected chi connectivity index (χ3v) is 5.68. The first-order valence-electron chi connectivity index (χ1n) is 10.6. The Labute approximate surface area is 186 Å². The van der Waals surface area contributed by atoms with Crippen molar-refractivity contribution in [2.75, 3.05) is 33.3 Å². The minimum Gasteiger partial charge on any atom is -0.467 e. The molecule has 0 spiro atoms. The topological polar surface area (TPSA) is 94.7 Å². The zero-order valence-electron chi connectivity index (χ0n) is 17.9. The molecule has 2 heterocycles. The van der Waals surface area contributed by atoms with Crippen LogP contribution in [0.5, 0.6) is 0 Å². The van der Waals surface area contributed by atoms with Crippen molar-refractivity contribution >= 4 is 28.8 Å². The summed E-state index contributed by atoms with van der Waals surface area (Å²) in [7, 11) is 1.31. The van der Waals surface area contributed by atoms with Crippen LogP contribution < -0.4 is 5.32 Å². The molecule has 0 aliphatic carbocycles. The number of carbonyl (C=O) groups is 3. The molecule has 1 atom stereocenters. The molecule has 1 aliphatic heterocycles. The highest BCUT2D eigenvalue weighted by Gasteiger charge is 2.29. The standard InChI is InChI=1S/C24H26N4O4/c1-32-23(30)21(15-17-7-3-2-4-8-17)26-24(31)28-13-11-27(12-14-28)22(29)20-16-18-9-5-6-10-19(18)25-20/h2-10,16,21,25H,11-15H2,1H3,(H,26,31)/t21-/m1/s1. The summed E-state index contributed by atoms with van der Waals surface area (Å²) in [5.41, 5.74) is 2.39. The lowest BCUT2D eigenvalue weighted by Gasteiger charge is -2.35. The number of amides is 3. The normalized spacial score (nSPS) is 14.8. The first kappa shape index (κ1) is 21.4. The number of para-hydroxylation sites is 1. The van der Waals surface area contributed by atoms with E-state index in [1.165, 1.54) is 7.11 Å². The lowest BCUT2D eigenvalue weighted by Crippen LogP contribution is -2.56. The van der Waals surface area contributed by atoms with Crippen LogP contribution in [0.1, 0.15) is 16.1 Å². The first-order valence-corrected chi connectivity index (χ1v) is 10.6. The van der Waals surface area contributed by atoms with E-state index in [0.29, 0.717) is 38.3 Å². The van der Waals surface area contributed by atoms with Gasteiger partial charge in [0.05, 0.1) is 7.11 Å². The highest BCUT2D eigenvalue weighted by atomic mass is 16.5. The summed E-state index contributed by atoms with van der Waals surface area (Å²) in [6, 6.07) is 17.9. The van der Waals surface area contributed by atoms with Crippen molar-refractivity contribution in [3.63, 3.8) is 0 Å². The largest absolute Gasteiger partial charge is 0.467 e. The van der Waals surface area contributed by atoms with E-state index in [4.69, 9.17) is 4.74 Å². The molecule has 8 heteroatoms. The van der Waals surface area contributed by atoms with Gasteiger partial charge in [-0.1, -0.05) is 48.5 Å². The molecular weight excluding hydrogens is 408 g/mol. The van der Waals surface area contributed by atoms with Crippen molar-refractivity contribution in [2.45, 2.75) is 12.5 Å². The molecule has 1 aliphatic rings.